The van der Waals surface area contributed by atoms with Crippen molar-refractivity contribution in [2.24, 2.45) is 0 Å². The van der Waals surface area contributed by atoms with Crippen LogP contribution in [0.5, 0.6) is 5.75 Å². The van der Waals surface area contributed by atoms with Crippen LogP contribution >= 0.6 is 0 Å². The third kappa shape index (κ3) is 3.64. The second-order valence-electron chi connectivity index (χ2n) is 9.11. The van der Waals surface area contributed by atoms with E-state index in [1.807, 2.05) is 50.2 Å². The number of carboxylic acid groups (broad SMARTS) is 1. The Balaban J connectivity index is 1.89. The van der Waals surface area contributed by atoms with Gasteiger partial charge in [-0.3, -0.25) is 9.52 Å². The van der Waals surface area contributed by atoms with Gasteiger partial charge < -0.3 is 9.84 Å². The van der Waals surface area contributed by atoms with Gasteiger partial charge in [-0.25, -0.2) is 8.42 Å². The van der Waals surface area contributed by atoms with Gasteiger partial charge >= 0.3 is 5.97 Å². The Morgan fingerprint density at radius 2 is 1.76 bits per heavy atom. The lowest BCUT2D eigenvalue weighted by atomic mass is 9.80. The molecular weight excluding hydrogens is 450 g/mol. The highest BCUT2D eigenvalue weighted by Crippen LogP contribution is 2.47. The maximum Gasteiger partial charge on any atom is 0.307 e. The second kappa shape index (κ2) is 8.17. The zero-order chi connectivity index (χ0) is 24.2. The Hall–Kier alpha value is -3.32. The predicted molar refractivity (Wildman–Crippen MR) is 133 cm³/mol. The zero-order valence-corrected chi connectivity index (χ0v) is 20.3. The van der Waals surface area contributed by atoms with Crippen LogP contribution in [0.2, 0.25) is 0 Å². The minimum atomic E-state index is -3.64. The Labute approximate surface area is 199 Å². The normalized spacial score (nSPS) is 15.7. The van der Waals surface area contributed by atoms with Crippen LogP contribution in [-0.4, -0.2) is 26.1 Å². The van der Waals surface area contributed by atoms with Crippen molar-refractivity contribution in [1.29, 1.82) is 0 Å². The van der Waals surface area contributed by atoms with Gasteiger partial charge in [-0.05, 0) is 89.8 Å². The monoisotopic (exact) mass is 477 g/mol. The average molecular weight is 478 g/mol. The summed E-state index contributed by atoms with van der Waals surface area (Å²) in [7, 11) is -3.64. The third-order valence-electron chi connectivity index (χ3n) is 7.00. The number of ether oxygens (including phenoxy) is 1. The number of rotatable bonds is 3. The number of hydrogen-bond donors (Lipinski definition) is 2. The highest BCUT2D eigenvalue weighted by Gasteiger charge is 2.30. The maximum absolute atomic E-state index is 12.9. The molecule has 0 aromatic heterocycles. The van der Waals surface area contributed by atoms with Crippen LogP contribution in [0.1, 0.15) is 39.8 Å². The molecule has 0 saturated heterocycles. The average Bonchev–Trinajstić information content (AvgIpc) is 2.91. The summed E-state index contributed by atoms with van der Waals surface area (Å²) in [6, 6.07) is 11.5. The molecule has 2 aliphatic rings. The van der Waals surface area contributed by atoms with Crippen molar-refractivity contribution in [3.63, 3.8) is 0 Å². The lowest BCUT2D eigenvalue weighted by Gasteiger charge is -2.26. The highest BCUT2D eigenvalue weighted by molar-refractivity contribution is 7.92. The molecule has 0 unspecified atom stereocenters. The van der Waals surface area contributed by atoms with Crippen LogP contribution < -0.4 is 9.46 Å². The van der Waals surface area contributed by atoms with Gasteiger partial charge in [-0.15, -0.1) is 0 Å². The quantitative estimate of drug-likeness (QED) is 0.544. The number of nitrogens with one attached hydrogen (secondary N) is 1. The molecule has 3 aromatic rings. The molecule has 0 aliphatic carbocycles. The van der Waals surface area contributed by atoms with E-state index < -0.39 is 16.0 Å². The summed E-state index contributed by atoms with van der Waals surface area (Å²) in [4.78, 5) is 11.9. The van der Waals surface area contributed by atoms with Gasteiger partial charge in [0.2, 0.25) is 10.0 Å². The third-order valence-corrected chi connectivity index (χ3v) is 8.21. The fraction of sp³-hybridized carbons (Fsp3) is 0.296. The summed E-state index contributed by atoms with van der Waals surface area (Å²) in [6.45, 7) is 6.53. The minimum absolute atomic E-state index is 0.129. The first kappa shape index (κ1) is 22.5. The molecule has 0 bridgehead atoms. The highest BCUT2D eigenvalue weighted by atomic mass is 32.2. The Morgan fingerprint density at radius 3 is 2.53 bits per heavy atom. The lowest BCUT2D eigenvalue weighted by molar-refractivity contribution is -0.136. The van der Waals surface area contributed by atoms with Gasteiger partial charge in [-0.1, -0.05) is 30.3 Å². The summed E-state index contributed by atoms with van der Waals surface area (Å²) in [5.74, 6) is -0.204. The van der Waals surface area contributed by atoms with E-state index in [4.69, 9.17) is 4.74 Å². The number of benzene rings is 3. The van der Waals surface area contributed by atoms with Gasteiger partial charge in [0.25, 0.3) is 0 Å². The first-order valence-electron chi connectivity index (χ1n) is 11.4. The molecule has 176 valence electrons. The number of anilines is 1. The molecule has 0 spiro atoms. The van der Waals surface area contributed by atoms with Crippen molar-refractivity contribution in [1.82, 2.24) is 0 Å². The molecule has 2 heterocycles. The Bertz CT molecular complexity index is 1460. The lowest BCUT2D eigenvalue weighted by Crippen LogP contribution is -2.16. The van der Waals surface area contributed by atoms with Crippen LogP contribution in [-0.2, 0) is 33.4 Å². The van der Waals surface area contributed by atoms with Crippen LogP contribution in [0.15, 0.2) is 36.4 Å². The van der Waals surface area contributed by atoms with E-state index in [0.717, 1.165) is 63.1 Å². The largest absolute Gasteiger partial charge is 0.493 e. The first-order chi connectivity index (χ1) is 16.2. The topological polar surface area (TPSA) is 92.7 Å². The first-order valence-corrected chi connectivity index (χ1v) is 13.1. The molecule has 34 heavy (non-hydrogen) atoms. The van der Waals surface area contributed by atoms with Crippen LogP contribution in [0, 0.1) is 20.8 Å². The molecule has 0 amide bonds. The Morgan fingerprint density at radius 1 is 1.00 bits per heavy atom. The summed E-state index contributed by atoms with van der Waals surface area (Å²) >= 11 is 0. The summed E-state index contributed by atoms with van der Waals surface area (Å²) < 4.78 is 34.5. The summed E-state index contributed by atoms with van der Waals surface area (Å²) in [5, 5.41) is 9.78. The predicted octanol–water partition coefficient (Wildman–Crippen LogP) is 5.15. The fourth-order valence-electron chi connectivity index (χ4n) is 5.43. The van der Waals surface area contributed by atoms with E-state index >= 15 is 0 Å². The van der Waals surface area contributed by atoms with Gasteiger partial charge in [-0.2, -0.15) is 0 Å². The molecule has 0 atom stereocenters. The standard InChI is InChI=1S/C27H27NO5S/c1-15-19-9-6-12-33-23(19)11-10-20(15)25-17(3)26-21-8-5-4-7-18(21)14-34(31,32)28-27(26)16(2)22(25)13-24(29)30/h4-5,7-8,10-11,28H,6,9,12-14H2,1-3H3,(H,29,30). The fourth-order valence-corrected chi connectivity index (χ4v) is 6.73. The number of aliphatic carboxylic acids is 1. The van der Waals surface area contributed by atoms with Gasteiger partial charge in [0.05, 0.1) is 24.5 Å². The van der Waals surface area contributed by atoms with Crippen molar-refractivity contribution in [2.75, 3.05) is 11.3 Å². The molecule has 3 aromatic carbocycles. The van der Waals surface area contributed by atoms with E-state index in [1.165, 1.54) is 0 Å². The van der Waals surface area contributed by atoms with Crippen molar-refractivity contribution >= 4 is 21.7 Å². The number of carbonyl (C=O) groups is 1. The van der Waals surface area contributed by atoms with Gasteiger partial charge in [0.15, 0.2) is 0 Å². The molecular formula is C27H27NO5S. The van der Waals surface area contributed by atoms with Crippen LogP contribution in [0.4, 0.5) is 5.69 Å². The van der Waals surface area contributed by atoms with Gasteiger partial charge in [0, 0.05) is 5.56 Å². The van der Waals surface area contributed by atoms with Crippen molar-refractivity contribution in [3.05, 3.63) is 69.8 Å². The van der Waals surface area contributed by atoms with Gasteiger partial charge in [0.1, 0.15) is 5.75 Å². The smallest absolute Gasteiger partial charge is 0.307 e. The number of carboxylic acids is 1. The molecule has 2 N–H and O–H groups in total. The van der Waals surface area contributed by atoms with Crippen molar-refractivity contribution in [2.45, 2.75) is 45.8 Å². The summed E-state index contributed by atoms with van der Waals surface area (Å²) in [6.07, 6.45) is 1.65. The second-order valence-corrected chi connectivity index (χ2v) is 10.8. The van der Waals surface area contributed by atoms with Crippen LogP contribution in [0.25, 0.3) is 22.3 Å². The molecule has 6 nitrogen and oxygen atoms in total. The van der Waals surface area contributed by atoms with E-state index in [0.29, 0.717) is 23.4 Å². The van der Waals surface area contributed by atoms with Crippen molar-refractivity contribution in [3.8, 4) is 28.0 Å². The number of hydrogen-bond acceptors (Lipinski definition) is 4. The number of sulfonamides is 1. The molecule has 7 heteroatoms. The van der Waals surface area contributed by atoms with Crippen LogP contribution in [0.3, 0.4) is 0 Å². The molecule has 5 rings (SSSR count). The molecule has 0 radical (unpaired) electrons. The summed E-state index contributed by atoms with van der Waals surface area (Å²) in [5.41, 5.74) is 9.07. The maximum atomic E-state index is 12.9. The Kier molecular flexibility index (Phi) is 5.40. The van der Waals surface area contributed by atoms with E-state index in [2.05, 4.69) is 11.6 Å². The van der Waals surface area contributed by atoms with E-state index in [-0.39, 0.29) is 12.2 Å². The van der Waals surface area contributed by atoms with E-state index in [1.54, 1.807) is 0 Å². The van der Waals surface area contributed by atoms with Crippen molar-refractivity contribution < 1.29 is 23.1 Å². The minimum Gasteiger partial charge on any atom is -0.493 e. The molecule has 2 aliphatic heterocycles. The van der Waals surface area contributed by atoms with E-state index in [9.17, 15) is 18.3 Å². The molecule has 0 saturated carbocycles. The number of fused-ring (bicyclic) bond motifs is 4. The molecule has 0 fully saturated rings. The zero-order valence-electron chi connectivity index (χ0n) is 19.5. The SMILES string of the molecule is Cc1c(-c2c(C)c3c(c(C)c2CC(=O)O)NS(=O)(=O)Cc2ccccc2-3)ccc2c1CCCO2.